The van der Waals surface area contributed by atoms with Gasteiger partial charge < -0.3 is 19.9 Å². The van der Waals surface area contributed by atoms with Gasteiger partial charge in [0.05, 0.1) is 19.4 Å². The number of aromatic nitrogens is 2. The van der Waals surface area contributed by atoms with Crippen molar-refractivity contribution in [1.29, 1.82) is 0 Å². The van der Waals surface area contributed by atoms with Crippen molar-refractivity contribution in [3.63, 3.8) is 0 Å². The van der Waals surface area contributed by atoms with Gasteiger partial charge in [0, 0.05) is 11.1 Å². The summed E-state index contributed by atoms with van der Waals surface area (Å²) < 4.78 is 32.8. The Balaban J connectivity index is 2.22. The number of aliphatic hydroxyl groups excluding tert-OH is 1. The van der Waals surface area contributed by atoms with Crippen LogP contribution in [0.1, 0.15) is 4.11 Å². The number of hydrogen-bond donors (Lipinski definition) is 2. The summed E-state index contributed by atoms with van der Waals surface area (Å²) in [7, 11) is 0. The third kappa shape index (κ3) is 2.15. The van der Waals surface area contributed by atoms with E-state index in [4.69, 9.17) is 13.6 Å². The zero-order chi connectivity index (χ0) is 14.0. The van der Waals surface area contributed by atoms with Gasteiger partial charge in [-0.25, -0.2) is 0 Å². The molecule has 2 heterocycles. The van der Waals surface area contributed by atoms with Crippen LogP contribution in [-0.2, 0) is 16.5 Å². The van der Waals surface area contributed by atoms with Gasteiger partial charge in [-0.1, -0.05) is 0 Å². The fraction of sp³-hybridized carbons (Fsp3) is 0.556. The van der Waals surface area contributed by atoms with Gasteiger partial charge in [0.25, 0.3) is 5.88 Å². The van der Waals surface area contributed by atoms with Crippen molar-refractivity contribution < 1.29 is 23.5 Å². The summed E-state index contributed by atoms with van der Waals surface area (Å²) in [6.07, 6.45) is 0.0583. The monoisotopic (exact) mass is 230 g/mol. The van der Waals surface area contributed by atoms with Gasteiger partial charge in [0.15, 0.2) is 6.10 Å². The minimum absolute atomic E-state index is 0.0715. The number of carbonyl (C=O) groups is 1. The molecule has 0 unspecified atom stereocenters. The standard InChI is InChI=1S/C9H13N3O4/c1-12-2-6(10-5-13)9(11-12)16-8-4-15-3-7(8)14/h2,5,7-8,14H,3-4H2,1H3,(H,10,13)/t7-,8-/m1/s1/i1D3. The van der Waals surface area contributed by atoms with Crippen LogP contribution in [0.15, 0.2) is 6.20 Å². The molecule has 88 valence electrons. The van der Waals surface area contributed by atoms with Crippen molar-refractivity contribution in [3.8, 4) is 5.88 Å². The topological polar surface area (TPSA) is 85.6 Å². The van der Waals surface area contributed by atoms with E-state index in [1.807, 2.05) is 0 Å². The summed E-state index contributed by atoms with van der Waals surface area (Å²) in [6.45, 7) is -2.17. The molecule has 1 amide bonds. The molecule has 0 saturated carbocycles. The number of nitrogens with zero attached hydrogens (tertiary/aromatic N) is 2. The largest absolute Gasteiger partial charge is 0.466 e. The maximum absolute atomic E-state index is 10.5. The first-order chi connectivity index (χ1) is 8.91. The van der Waals surface area contributed by atoms with E-state index in [2.05, 4.69) is 10.4 Å². The predicted octanol–water partition coefficient (Wildman–Crippen LogP) is -0.873. The first-order valence-corrected chi connectivity index (χ1v) is 4.64. The van der Waals surface area contributed by atoms with Gasteiger partial charge in [0.1, 0.15) is 11.8 Å². The van der Waals surface area contributed by atoms with Gasteiger partial charge in [-0.15, -0.1) is 5.10 Å². The second kappa shape index (κ2) is 4.50. The third-order valence-electron chi connectivity index (χ3n) is 2.16. The Morgan fingerprint density at radius 2 is 2.75 bits per heavy atom. The average Bonchev–Trinajstić information content (AvgIpc) is 2.88. The smallest absolute Gasteiger partial charge is 0.257 e. The highest BCUT2D eigenvalue weighted by molar-refractivity contribution is 5.73. The van der Waals surface area contributed by atoms with Gasteiger partial charge in [0.2, 0.25) is 6.41 Å². The Morgan fingerprint density at radius 3 is 3.38 bits per heavy atom. The molecule has 16 heavy (non-hydrogen) atoms. The van der Waals surface area contributed by atoms with Crippen molar-refractivity contribution in [3.05, 3.63) is 6.20 Å². The van der Waals surface area contributed by atoms with Crippen LogP contribution in [0.2, 0.25) is 0 Å². The quantitative estimate of drug-likeness (QED) is 0.656. The maximum atomic E-state index is 10.5. The minimum Gasteiger partial charge on any atom is -0.466 e. The molecule has 0 bridgehead atoms. The van der Waals surface area contributed by atoms with Gasteiger partial charge in [-0.3, -0.25) is 9.48 Å². The average molecular weight is 230 g/mol. The lowest BCUT2D eigenvalue weighted by Crippen LogP contribution is -2.30. The molecule has 0 aromatic carbocycles. The van der Waals surface area contributed by atoms with E-state index < -0.39 is 19.2 Å². The molecule has 2 N–H and O–H groups in total. The molecule has 0 radical (unpaired) electrons. The van der Waals surface area contributed by atoms with E-state index >= 15 is 0 Å². The van der Waals surface area contributed by atoms with E-state index in [1.54, 1.807) is 0 Å². The Labute approximate surface area is 96.2 Å². The summed E-state index contributed by atoms with van der Waals surface area (Å²) in [5.41, 5.74) is 0.116. The number of ether oxygens (including phenoxy) is 2. The fourth-order valence-corrected chi connectivity index (χ4v) is 1.39. The number of aliphatic hydroxyl groups is 1. The highest BCUT2D eigenvalue weighted by Gasteiger charge is 2.29. The predicted molar refractivity (Wildman–Crippen MR) is 54.1 cm³/mol. The van der Waals surface area contributed by atoms with Crippen molar-refractivity contribution in [2.24, 2.45) is 6.98 Å². The number of carbonyl (C=O) groups excluding carboxylic acids is 1. The van der Waals surface area contributed by atoms with E-state index in [0.29, 0.717) is 11.1 Å². The van der Waals surface area contributed by atoms with Crippen LogP contribution in [0.25, 0.3) is 0 Å². The number of hydrogen-bond acceptors (Lipinski definition) is 5. The molecule has 2 rings (SSSR count). The second-order valence-corrected chi connectivity index (χ2v) is 3.32. The molecule has 1 aromatic rings. The molecule has 2 atom stereocenters. The van der Waals surface area contributed by atoms with Crippen LogP contribution in [0.5, 0.6) is 5.88 Å². The molecule has 7 nitrogen and oxygen atoms in total. The summed E-state index contributed by atoms with van der Waals surface area (Å²) in [5, 5.41) is 15.6. The van der Waals surface area contributed by atoms with Crippen LogP contribution in [0.3, 0.4) is 0 Å². The summed E-state index contributed by atoms with van der Waals surface area (Å²) in [6, 6.07) is 0. The van der Waals surface area contributed by atoms with E-state index in [1.165, 1.54) is 0 Å². The molecule has 0 spiro atoms. The van der Waals surface area contributed by atoms with Crippen molar-refractivity contribution in [2.45, 2.75) is 12.2 Å². The number of rotatable bonds is 4. The van der Waals surface area contributed by atoms with E-state index in [0.717, 1.165) is 6.20 Å². The molecule has 0 aliphatic carbocycles. The van der Waals surface area contributed by atoms with E-state index in [9.17, 15) is 9.90 Å². The first kappa shape index (κ1) is 7.64. The number of amides is 1. The highest BCUT2D eigenvalue weighted by Crippen LogP contribution is 2.24. The van der Waals surface area contributed by atoms with Crippen LogP contribution in [-0.4, -0.2) is 46.7 Å². The van der Waals surface area contributed by atoms with Crippen LogP contribution in [0.4, 0.5) is 5.69 Å². The van der Waals surface area contributed by atoms with Gasteiger partial charge in [-0.2, -0.15) is 0 Å². The summed E-state index contributed by atoms with van der Waals surface area (Å²) >= 11 is 0. The van der Waals surface area contributed by atoms with Gasteiger partial charge in [-0.05, 0) is 0 Å². The van der Waals surface area contributed by atoms with E-state index in [-0.39, 0.29) is 24.8 Å². The lowest BCUT2D eigenvalue weighted by molar-refractivity contribution is -0.105. The molecule has 1 saturated heterocycles. The minimum atomic E-state index is -2.48. The number of aryl methyl sites for hydroxylation is 1. The lowest BCUT2D eigenvalue weighted by atomic mass is 10.3. The maximum Gasteiger partial charge on any atom is 0.257 e. The Morgan fingerprint density at radius 1 is 1.88 bits per heavy atom. The molecule has 1 aromatic heterocycles. The first-order valence-electron chi connectivity index (χ1n) is 6.14. The zero-order valence-electron chi connectivity index (χ0n) is 11.3. The molecule has 1 aliphatic heterocycles. The Kier molecular flexibility index (Phi) is 2.15. The molecular formula is C9H13N3O4. The lowest BCUT2D eigenvalue weighted by Gasteiger charge is -2.13. The summed E-state index contributed by atoms with van der Waals surface area (Å²) in [4.78, 5) is 10.5. The molecule has 1 aliphatic rings. The summed E-state index contributed by atoms with van der Waals surface area (Å²) in [5.74, 6) is -0.0715. The Bertz CT molecular complexity index is 462. The fourth-order valence-electron chi connectivity index (χ4n) is 1.39. The van der Waals surface area contributed by atoms with Crippen molar-refractivity contribution in [1.82, 2.24) is 9.78 Å². The second-order valence-electron chi connectivity index (χ2n) is 3.32. The molecule has 1 fully saturated rings. The third-order valence-corrected chi connectivity index (χ3v) is 2.16. The van der Waals surface area contributed by atoms with Crippen LogP contribution in [0, 0.1) is 0 Å². The SMILES string of the molecule is [2H]C([2H])([2H])n1cc(NC=O)c(O[C@@H]2COC[C@H]2O)n1. The van der Waals surface area contributed by atoms with Crippen molar-refractivity contribution in [2.75, 3.05) is 18.5 Å². The number of anilines is 1. The van der Waals surface area contributed by atoms with Crippen LogP contribution >= 0.6 is 0 Å². The molecule has 7 heteroatoms. The van der Waals surface area contributed by atoms with Crippen molar-refractivity contribution >= 4 is 12.1 Å². The number of nitrogens with one attached hydrogen (secondary N) is 1. The molecular weight excluding hydrogens is 214 g/mol. The van der Waals surface area contributed by atoms with Crippen LogP contribution < -0.4 is 10.1 Å². The Hall–Kier alpha value is -1.60. The normalized spacial score (nSPS) is 27.9. The zero-order valence-corrected chi connectivity index (χ0v) is 8.29. The highest BCUT2D eigenvalue weighted by atomic mass is 16.6. The van der Waals surface area contributed by atoms with Gasteiger partial charge >= 0.3 is 0 Å².